The van der Waals surface area contributed by atoms with Crippen molar-refractivity contribution in [2.24, 2.45) is 5.41 Å². The number of benzene rings is 1. The van der Waals surface area contributed by atoms with Gasteiger partial charge in [-0.3, -0.25) is 4.79 Å². The van der Waals surface area contributed by atoms with Gasteiger partial charge in [0.2, 0.25) is 5.91 Å². The number of nitriles is 1. The van der Waals surface area contributed by atoms with Gasteiger partial charge < -0.3 is 10.2 Å². The fraction of sp³-hybridized carbons (Fsp3) is 0.500. The lowest BCUT2D eigenvalue weighted by Gasteiger charge is -2.28. The third-order valence-electron chi connectivity index (χ3n) is 4.25. The molecule has 0 spiro atoms. The van der Waals surface area contributed by atoms with Crippen LogP contribution in [-0.2, 0) is 4.79 Å². The van der Waals surface area contributed by atoms with Gasteiger partial charge >= 0.3 is 0 Å². The van der Waals surface area contributed by atoms with Crippen LogP contribution in [0.4, 0.5) is 11.4 Å². The fourth-order valence-corrected chi connectivity index (χ4v) is 2.67. The Morgan fingerprint density at radius 1 is 1.15 bits per heavy atom. The molecule has 1 saturated carbocycles. The number of anilines is 2. The number of rotatable bonds is 3. The number of carbonyl (C=O) groups excluding carboxylic acids is 1. The Morgan fingerprint density at radius 2 is 1.80 bits per heavy atom. The quantitative estimate of drug-likeness (QED) is 0.918. The average molecular weight is 269 g/mol. The lowest BCUT2D eigenvalue weighted by atomic mass is 10.1. The highest BCUT2D eigenvalue weighted by molar-refractivity contribution is 5.99. The summed E-state index contributed by atoms with van der Waals surface area (Å²) in [6.45, 7) is 2.23. The summed E-state index contributed by atoms with van der Waals surface area (Å²) >= 11 is 0. The molecule has 1 aromatic carbocycles. The summed E-state index contributed by atoms with van der Waals surface area (Å²) in [6.07, 6.45) is 5.19. The predicted octanol–water partition coefficient (Wildman–Crippen LogP) is 2.92. The Balaban J connectivity index is 1.64. The fourth-order valence-electron chi connectivity index (χ4n) is 2.67. The first kappa shape index (κ1) is 13.0. The van der Waals surface area contributed by atoms with E-state index in [0.29, 0.717) is 12.8 Å². The van der Waals surface area contributed by atoms with E-state index in [1.807, 2.05) is 24.3 Å². The molecule has 20 heavy (non-hydrogen) atoms. The molecule has 2 aliphatic rings. The lowest BCUT2D eigenvalue weighted by molar-refractivity contribution is -0.119. The molecule has 3 rings (SSSR count). The summed E-state index contributed by atoms with van der Waals surface area (Å²) in [5.41, 5.74) is 1.23. The Kier molecular flexibility index (Phi) is 3.35. The van der Waals surface area contributed by atoms with Gasteiger partial charge in [-0.1, -0.05) is 0 Å². The minimum atomic E-state index is -0.758. The number of piperidine rings is 1. The van der Waals surface area contributed by atoms with Crippen LogP contribution >= 0.6 is 0 Å². The van der Waals surface area contributed by atoms with Crippen LogP contribution in [0.15, 0.2) is 24.3 Å². The summed E-state index contributed by atoms with van der Waals surface area (Å²) in [7, 11) is 0. The smallest absolute Gasteiger partial charge is 0.244 e. The minimum absolute atomic E-state index is 0.161. The van der Waals surface area contributed by atoms with Gasteiger partial charge in [0, 0.05) is 24.5 Å². The van der Waals surface area contributed by atoms with E-state index >= 15 is 0 Å². The Bertz CT molecular complexity index is 534. The number of nitrogens with zero attached hydrogens (tertiary/aromatic N) is 2. The summed E-state index contributed by atoms with van der Waals surface area (Å²) in [5, 5.41) is 11.8. The average Bonchev–Trinajstić information content (AvgIpc) is 3.30. The number of hydrogen-bond donors (Lipinski definition) is 1. The van der Waals surface area contributed by atoms with Crippen LogP contribution in [0.5, 0.6) is 0 Å². The van der Waals surface area contributed by atoms with Gasteiger partial charge in [0.05, 0.1) is 6.07 Å². The Hall–Kier alpha value is -2.02. The van der Waals surface area contributed by atoms with E-state index in [1.54, 1.807) is 0 Å². The second-order valence-corrected chi connectivity index (χ2v) is 5.74. The van der Waals surface area contributed by atoms with Gasteiger partial charge in [0.15, 0.2) is 0 Å². The monoisotopic (exact) mass is 269 g/mol. The van der Waals surface area contributed by atoms with Gasteiger partial charge in [-0.05, 0) is 56.4 Å². The lowest BCUT2D eigenvalue weighted by Crippen LogP contribution is -2.29. The van der Waals surface area contributed by atoms with Crippen molar-refractivity contribution >= 4 is 17.3 Å². The largest absolute Gasteiger partial charge is 0.372 e. The van der Waals surface area contributed by atoms with E-state index in [-0.39, 0.29) is 5.91 Å². The van der Waals surface area contributed by atoms with Crippen LogP contribution in [0.1, 0.15) is 32.1 Å². The first-order chi connectivity index (χ1) is 9.73. The molecule has 4 nitrogen and oxygen atoms in total. The minimum Gasteiger partial charge on any atom is -0.372 e. The Morgan fingerprint density at radius 3 is 2.35 bits per heavy atom. The molecule has 4 heteroatoms. The molecule has 1 heterocycles. The SMILES string of the molecule is N#CC1(C(=O)Nc2ccc(N3CCCCC3)cc2)CC1. The van der Waals surface area contributed by atoms with Crippen LogP contribution < -0.4 is 10.2 Å². The molecule has 1 aliphatic heterocycles. The molecule has 2 fully saturated rings. The van der Waals surface area contributed by atoms with Crippen molar-refractivity contribution in [3.8, 4) is 6.07 Å². The van der Waals surface area contributed by atoms with Gasteiger partial charge in [-0.15, -0.1) is 0 Å². The van der Waals surface area contributed by atoms with Crippen molar-refractivity contribution in [2.45, 2.75) is 32.1 Å². The second-order valence-electron chi connectivity index (χ2n) is 5.74. The third-order valence-corrected chi connectivity index (χ3v) is 4.25. The third kappa shape index (κ3) is 2.49. The first-order valence-corrected chi connectivity index (χ1v) is 7.31. The van der Waals surface area contributed by atoms with E-state index < -0.39 is 5.41 Å². The molecule has 0 unspecified atom stereocenters. The molecule has 1 N–H and O–H groups in total. The zero-order chi connectivity index (χ0) is 14.0. The number of amides is 1. The maximum atomic E-state index is 12.0. The topological polar surface area (TPSA) is 56.1 Å². The van der Waals surface area contributed by atoms with E-state index in [0.717, 1.165) is 18.8 Å². The molecule has 1 aliphatic carbocycles. The maximum absolute atomic E-state index is 12.0. The van der Waals surface area contributed by atoms with Crippen molar-refractivity contribution < 1.29 is 4.79 Å². The van der Waals surface area contributed by atoms with Crippen LogP contribution in [0.2, 0.25) is 0 Å². The van der Waals surface area contributed by atoms with E-state index in [2.05, 4.69) is 16.3 Å². The summed E-state index contributed by atoms with van der Waals surface area (Å²) in [5.74, 6) is -0.161. The van der Waals surface area contributed by atoms with Crippen molar-refractivity contribution in [1.29, 1.82) is 5.26 Å². The molecule has 1 saturated heterocycles. The molecule has 1 aromatic rings. The highest BCUT2D eigenvalue weighted by Gasteiger charge is 2.50. The highest BCUT2D eigenvalue weighted by atomic mass is 16.2. The number of nitrogens with one attached hydrogen (secondary N) is 1. The summed E-state index contributed by atoms with van der Waals surface area (Å²) in [6, 6.07) is 10.1. The van der Waals surface area contributed by atoms with E-state index in [1.165, 1.54) is 24.9 Å². The van der Waals surface area contributed by atoms with Crippen LogP contribution in [0, 0.1) is 16.7 Å². The normalized spacial score (nSPS) is 20.1. The molecule has 1 amide bonds. The molecule has 0 radical (unpaired) electrons. The zero-order valence-corrected chi connectivity index (χ0v) is 11.6. The van der Waals surface area contributed by atoms with Gasteiger partial charge in [-0.2, -0.15) is 5.26 Å². The molecule has 0 aromatic heterocycles. The predicted molar refractivity (Wildman–Crippen MR) is 78.4 cm³/mol. The number of carbonyl (C=O) groups is 1. The van der Waals surface area contributed by atoms with Crippen molar-refractivity contribution in [2.75, 3.05) is 23.3 Å². The van der Waals surface area contributed by atoms with Crippen LogP contribution in [0.3, 0.4) is 0 Å². The van der Waals surface area contributed by atoms with Crippen LogP contribution in [-0.4, -0.2) is 19.0 Å². The van der Waals surface area contributed by atoms with Gasteiger partial charge in [0.25, 0.3) is 0 Å². The molecule has 104 valence electrons. The summed E-state index contributed by atoms with van der Waals surface area (Å²) < 4.78 is 0. The molecule has 0 bridgehead atoms. The van der Waals surface area contributed by atoms with Crippen LogP contribution in [0.25, 0.3) is 0 Å². The maximum Gasteiger partial charge on any atom is 0.244 e. The van der Waals surface area contributed by atoms with E-state index in [4.69, 9.17) is 5.26 Å². The molecule has 0 atom stereocenters. The molecular formula is C16H19N3O. The second kappa shape index (κ2) is 5.16. The Labute approximate surface area is 119 Å². The summed E-state index contributed by atoms with van der Waals surface area (Å²) in [4.78, 5) is 14.4. The zero-order valence-electron chi connectivity index (χ0n) is 11.6. The highest BCUT2D eigenvalue weighted by Crippen LogP contribution is 2.45. The number of hydrogen-bond acceptors (Lipinski definition) is 3. The van der Waals surface area contributed by atoms with Crippen molar-refractivity contribution in [1.82, 2.24) is 0 Å². The molecular weight excluding hydrogens is 250 g/mol. The first-order valence-electron chi connectivity index (χ1n) is 7.31. The van der Waals surface area contributed by atoms with Gasteiger partial charge in [0.1, 0.15) is 5.41 Å². The standard InChI is InChI=1S/C16H19N3O/c17-12-16(8-9-16)15(20)18-13-4-6-14(7-5-13)19-10-2-1-3-11-19/h4-7H,1-3,8-11H2,(H,18,20). The van der Waals surface area contributed by atoms with E-state index in [9.17, 15) is 4.79 Å². The van der Waals surface area contributed by atoms with Crippen molar-refractivity contribution in [3.05, 3.63) is 24.3 Å². The van der Waals surface area contributed by atoms with Crippen molar-refractivity contribution in [3.63, 3.8) is 0 Å². The van der Waals surface area contributed by atoms with Gasteiger partial charge in [-0.25, -0.2) is 0 Å².